The fourth-order valence-electron chi connectivity index (χ4n) is 5.20. The van der Waals surface area contributed by atoms with E-state index in [1.807, 2.05) is 48.7 Å². The van der Waals surface area contributed by atoms with E-state index in [-0.39, 0.29) is 12.3 Å². The molecule has 6 aromatic rings. The predicted octanol–water partition coefficient (Wildman–Crippen LogP) is 3.89. The number of hydrogen-bond donors (Lipinski definition) is 3. The molecular formula is C30H28N10O. The van der Waals surface area contributed by atoms with Gasteiger partial charge in [0.2, 0.25) is 5.91 Å². The molecule has 6 heterocycles. The molecule has 3 N–H and O–H groups in total. The first-order valence-electron chi connectivity index (χ1n) is 13.5. The number of nitrogens with one attached hydrogen (secondary N) is 3. The summed E-state index contributed by atoms with van der Waals surface area (Å²) in [5.41, 5.74) is 7.32. The van der Waals surface area contributed by atoms with Crippen molar-refractivity contribution in [3.63, 3.8) is 0 Å². The van der Waals surface area contributed by atoms with E-state index in [9.17, 15) is 4.79 Å². The van der Waals surface area contributed by atoms with E-state index in [1.165, 1.54) is 0 Å². The molecule has 0 radical (unpaired) electrons. The van der Waals surface area contributed by atoms with E-state index >= 15 is 0 Å². The number of carbonyl (C=O) groups is 1. The van der Waals surface area contributed by atoms with Gasteiger partial charge in [-0.3, -0.25) is 24.8 Å². The lowest BCUT2D eigenvalue weighted by Crippen LogP contribution is -2.44. The smallest absolute Gasteiger partial charge is 0.228 e. The van der Waals surface area contributed by atoms with E-state index in [0.717, 1.165) is 64.9 Å². The van der Waals surface area contributed by atoms with Crippen molar-refractivity contribution in [1.29, 1.82) is 0 Å². The molecule has 0 unspecified atom stereocenters. The summed E-state index contributed by atoms with van der Waals surface area (Å²) in [7, 11) is 2.14. The minimum Gasteiger partial charge on any atom is -0.366 e. The number of likely N-dealkylation sites (N-methyl/N-ethyl adjacent to an activating group) is 1. The summed E-state index contributed by atoms with van der Waals surface area (Å²) >= 11 is 0. The maximum Gasteiger partial charge on any atom is 0.228 e. The molecular weight excluding hydrogens is 516 g/mol. The quantitative estimate of drug-likeness (QED) is 0.288. The minimum absolute atomic E-state index is 0.106. The molecule has 7 rings (SSSR count). The Balaban J connectivity index is 1.18. The number of H-pyrrole nitrogens is 2. The summed E-state index contributed by atoms with van der Waals surface area (Å²) in [5.74, 6) is 0.554. The van der Waals surface area contributed by atoms with Crippen molar-refractivity contribution < 1.29 is 4.79 Å². The van der Waals surface area contributed by atoms with E-state index in [2.05, 4.69) is 52.3 Å². The lowest BCUT2D eigenvalue weighted by molar-refractivity contribution is -0.115. The second-order valence-corrected chi connectivity index (χ2v) is 10.3. The van der Waals surface area contributed by atoms with Crippen molar-refractivity contribution >= 4 is 39.2 Å². The Morgan fingerprint density at radius 1 is 0.951 bits per heavy atom. The van der Waals surface area contributed by atoms with Crippen molar-refractivity contribution in [2.45, 2.75) is 6.42 Å². The van der Waals surface area contributed by atoms with Crippen LogP contribution in [0.2, 0.25) is 0 Å². The van der Waals surface area contributed by atoms with Crippen LogP contribution in [0.4, 0.5) is 11.4 Å². The molecule has 1 aliphatic heterocycles. The zero-order valence-electron chi connectivity index (χ0n) is 22.5. The van der Waals surface area contributed by atoms with Gasteiger partial charge in [-0.1, -0.05) is 30.3 Å². The number of imidazole rings is 1. The standard InChI is InChI=1S/C30H28N10O/c1-39-7-9-40(10-8-39)26-18-32-16-25-29(26)36-30(35-25)28-22-13-23(33-17-24(22)37-38-28)20-12-21(15-31-14-20)34-27(41)11-19-5-3-2-4-6-19/h2-6,12-18H,7-11H2,1H3,(H,34,41)(H,35,36)(H,37,38). The number of anilines is 2. The fraction of sp³-hybridized carbons (Fsp3) is 0.200. The zero-order chi connectivity index (χ0) is 27.8. The van der Waals surface area contributed by atoms with Crippen LogP contribution in [0.1, 0.15) is 5.56 Å². The first kappa shape index (κ1) is 24.9. The number of hydrogen-bond acceptors (Lipinski definition) is 8. The van der Waals surface area contributed by atoms with Gasteiger partial charge in [-0.2, -0.15) is 5.10 Å². The average molecular weight is 545 g/mol. The Hall–Kier alpha value is -5.16. The van der Waals surface area contributed by atoms with E-state index in [4.69, 9.17) is 4.98 Å². The number of nitrogens with zero attached hydrogens (tertiary/aromatic N) is 7. The Bertz CT molecular complexity index is 1850. The van der Waals surface area contributed by atoms with Gasteiger partial charge in [-0.25, -0.2) is 4.98 Å². The molecule has 1 fully saturated rings. The van der Waals surface area contributed by atoms with Crippen LogP contribution in [0.25, 0.3) is 44.7 Å². The van der Waals surface area contributed by atoms with Crippen molar-refractivity contribution in [3.8, 4) is 22.8 Å². The number of piperazine rings is 1. The molecule has 41 heavy (non-hydrogen) atoms. The summed E-state index contributed by atoms with van der Waals surface area (Å²) in [6.07, 6.45) is 9.10. The van der Waals surface area contributed by atoms with Crippen LogP contribution >= 0.6 is 0 Å². The second kappa shape index (κ2) is 10.4. The van der Waals surface area contributed by atoms with Gasteiger partial charge in [-0.15, -0.1) is 0 Å². The highest BCUT2D eigenvalue weighted by Gasteiger charge is 2.21. The van der Waals surface area contributed by atoms with Crippen molar-refractivity contribution in [2.24, 2.45) is 0 Å². The normalized spacial score (nSPS) is 14.1. The third-order valence-corrected chi connectivity index (χ3v) is 7.42. The van der Waals surface area contributed by atoms with Gasteiger partial charge in [0, 0.05) is 43.3 Å². The summed E-state index contributed by atoms with van der Waals surface area (Å²) in [6.45, 7) is 3.86. The highest BCUT2D eigenvalue weighted by atomic mass is 16.1. The Labute approximate surface area is 235 Å². The molecule has 1 aliphatic rings. The van der Waals surface area contributed by atoms with Crippen LogP contribution in [-0.4, -0.2) is 79.2 Å². The molecule has 0 atom stereocenters. The maximum absolute atomic E-state index is 12.6. The molecule has 1 amide bonds. The van der Waals surface area contributed by atoms with Gasteiger partial charge in [0.15, 0.2) is 5.82 Å². The van der Waals surface area contributed by atoms with Gasteiger partial charge < -0.3 is 20.1 Å². The highest BCUT2D eigenvalue weighted by Crippen LogP contribution is 2.32. The summed E-state index contributed by atoms with van der Waals surface area (Å²) in [6, 6.07) is 13.5. The van der Waals surface area contributed by atoms with Crippen LogP contribution in [0.5, 0.6) is 0 Å². The van der Waals surface area contributed by atoms with Crippen LogP contribution in [0.15, 0.2) is 73.4 Å². The van der Waals surface area contributed by atoms with Gasteiger partial charge in [-0.05, 0) is 24.7 Å². The van der Waals surface area contributed by atoms with Gasteiger partial charge in [0.05, 0.1) is 59.3 Å². The molecule has 0 saturated carbocycles. The summed E-state index contributed by atoms with van der Waals surface area (Å²) in [4.78, 5) is 39.1. The molecule has 5 aromatic heterocycles. The molecule has 0 aliphatic carbocycles. The van der Waals surface area contributed by atoms with Crippen LogP contribution in [-0.2, 0) is 11.2 Å². The molecule has 11 heteroatoms. The number of carbonyl (C=O) groups excluding carboxylic acids is 1. The lowest BCUT2D eigenvalue weighted by atomic mass is 10.1. The number of rotatable bonds is 6. The molecule has 204 valence electrons. The topological polar surface area (TPSA) is 132 Å². The second-order valence-electron chi connectivity index (χ2n) is 10.3. The van der Waals surface area contributed by atoms with Crippen molar-refractivity contribution in [3.05, 3.63) is 79.0 Å². The number of aromatic nitrogens is 7. The summed E-state index contributed by atoms with van der Waals surface area (Å²) < 4.78 is 0. The van der Waals surface area contributed by atoms with Crippen LogP contribution in [0, 0.1) is 0 Å². The number of pyridine rings is 3. The van der Waals surface area contributed by atoms with Crippen molar-refractivity contribution in [1.82, 2.24) is 40.0 Å². The number of fused-ring (bicyclic) bond motifs is 2. The molecule has 1 saturated heterocycles. The van der Waals surface area contributed by atoms with Crippen LogP contribution < -0.4 is 10.2 Å². The van der Waals surface area contributed by atoms with Crippen LogP contribution in [0.3, 0.4) is 0 Å². The summed E-state index contributed by atoms with van der Waals surface area (Å²) in [5, 5.41) is 11.5. The third kappa shape index (κ3) is 4.98. The SMILES string of the molecule is CN1CCN(c2cncc3[nH]c(-c4n[nH]c5cnc(-c6cncc(NC(=O)Cc7ccccc7)c6)cc45)nc23)CC1. The molecule has 0 bridgehead atoms. The monoisotopic (exact) mass is 544 g/mol. The Morgan fingerprint density at radius 3 is 2.63 bits per heavy atom. The molecule has 0 spiro atoms. The number of amides is 1. The van der Waals surface area contributed by atoms with E-state index in [1.54, 1.807) is 24.8 Å². The zero-order valence-corrected chi connectivity index (χ0v) is 22.5. The maximum atomic E-state index is 12.6. The number of benzene rings is 1. The predicted molar refractivity (Wildman–Crippen MR) is 158 cm³/mol. The number of aromatic amines is 2. The highest BCUT2D eigenvalue weighted by molar-refractivity contribution is 5.97. The first-order chi connectivity index (χ1) is 20.1. The van der Waals surface area contributed by atoms with Gasteiger partial charge in [0.1, 0.15) is 11.2 Å². The third-order valence-electron chi connectivity index (χ3n) is 7.42. The van der Waals surface area contributed by atoms with Crippen molar-refractivity contribution in [2.75, 3.05) is 43.4 Å². The average Bonchev–Trinajstić information content (AvgIpc) is 3.62. The van der Waals surface area contributed by atoms with Gasteiger partial charge >= 0.3 is 0 Å². The van der Waals surface area contributed by atoms with E-state index in [0.29, 0.717) is 22.9 Å². The Morgan fingerprint density at radius 2 is 1.78 bits per heavy atom. The van der Waals surface area contributed by atoms with E-state index < -0.39 is 0 Å². The molecule has 1 aromatic carbocycles. The fourth-order valence-corrected chi connectivity index (χ4v) is 5.20. The lowest BCUT2D eigenvalue weighted by Gasteiger charge is -2.33. The minimum atomic E-state index is -0.106. The molecule has 11 nitrogen and oxygen atoms in total. The van der Waals surface area contributed by atoms with Gasteiger partial charge in [0.25, 0.3) is 0 Å². The Kier molecular flexibility index (Phi) is 6.32. The largest absolute Gasteiger partial charge is 0.366 e. The first-order valence-corrected chi connectivity index (χ1v) is 13.5.